The maximum Gasteiger partial charge on any atom is 0.116 e. The molecule has 0 bridgehead atoms. The first-order valence-electron chi connectivity index (χ1n) is 8.34. The van der Waals surface area contributed by atoms with Gasteiger partial charge in [0.25, 0.3) is 0 Å². The number of anilines is 1. The maximum absolute atomic E-state index is 9.97. The highest BCUT2D eigenvalue weighted by molar-refractivity contribution is 5.58. The molecule has 0 amide bonds. The Hall–Kier alpha value is -1.22. The van der Waals surface area contributed by atoms with Crippen LogP contribution in [0.3, 0.4) is 0 Å². The number of phenols is 1. The largest absolute Gasteiger partial charge is 0.508 e. The number of nitrogens with zero attached hydrogens (tertiary/aromatic N) is 1. The fraction of sp³-hybridized carbons (Fsp3) is 0.667. The van der Waals surface area contributed by atoms with Gasteiger partial charge in [0, 0.05) is 31.9 Å². The molecule has 1 heterocycles. The van der Waals surface area contributed by atoms with Crippen LogP contribution in [0.2, 0.25) is 0 Å². The van der Waals surface area contributed by atoms with Gasteiger partial charge in [0.1, 0.15) is 5.75 Å². The van der Waals surface area contributed by atoms with Crippen molar-refractivity contribution >= 4 is 5.69 Å². The van der Waals surface area contributed by atoms with Gasteiger partial charge in [0.2, 0.25) is 0 Å². The molecule has 1 saturated carbocycles. The second kappa shape index (κ2) is 5.88. The number of phenolic OH excluding ortho intramolecular Hbond substituents is 1. The summed E-state index contributed by atoms with van der Waals surface area (Å²) in [6.45, 7) is 8.99. The molecule has 0 spiro atoms. The van der Waals surface area contributed by atoms with Crippen LogP contribution in [0.15, 0.2) is 18.2 Å². The van der Waals surface area contributed by atoms with E-state index in [2.05, 4.69) is 30.1 Å². The summed E-state index contributed by atoms with van der Waals surface area (Å²) in [5, 5.41) is 13.4. The molecule has 1 unspecified atom stereocenters. The van der Waals surface area contributed by atoms with Crippen LogP contribution in [0.5, 0.6) is 5.75 Å². The van der Waals surface area contributed by atoms with E-state index in [-0.39, 0.29) is 0 Å². The second-order valence-corrected chi connectivity index (χ2v) is 7.44. The first-order chi connectivity index (χ1) is 10.1. The van der Waals surface area contributed by atoms with Crippen LogP contribution in [0.1, 0.15) is 51.0 Å². The van der Waals surface area contributed by atoms with E-state index in [4.69, 9.17) is 0 Å². The molecule has 116 valence electrons. The SMILES string of the molecule is CC1(C)CCCC(c2cc(O)ccc2N2CCNCC2)C1. The highest BCUT2D eigenvalue weighted by Crippen LogP contribution is 2.46. The number of hydrogen-bond acceptors (Lipinski definition) is 3. The summed E-state index contributed by atoms with van der Waals surface area (Å²) >= 11 is 0. The lowest BCUT2D eigenvalue weighted by molar-refractivity contribution is 0.219. The number of nitrogens with one attached hydrogen (secondary N) is 1. The molecule has 0 aromatic heterocycles. The summed E-state index contributed by atoms with van der Waals surface area (Å²) in [4.78, 5) is 2.48. The lowest BCUT2D eigenvalue weighted by atomic mass is 9.70. The molecule has 2 fully saturated rings. The van der Waals surface area contributed by atoms with Crippen molar-refractivity contribution in [2.75, 3.05) is 31.1 Å². The van der Waals surface area contributed by atoms with Crippen LogP contribution in [0, 0.1) is 5.41 Å². The van der Waals surface area contributed by atoms with E-state index in [1.807, 2.05) is 12.1 Å². The molecule has 1 aliphatic carbocycles. The van der Waals surface area contributed by atoms with Gasteiger partial charge in [-0.25, -0.2) is 0 Å². The number of rotatable bonds is 2. The predicted molar refractivity (Wildman–Crippen MR) is 88.2 cm³/mol. The first-order valence-corrected chi connectivity index (χ1v) is 8.34. The van der Waals surface area contributed by atoms with Crippen LogP contribution in [-0.2, 0) is 0 Å². The monoisotopic (exact) mass is 288 g/mol. The first kappa shape index (κ1) is 14.7. The molecule has 1 aromatic carbocycles. The van der Waals surface area contributed by atoms with Gasteiger partial charge in [-0.15, -0.1) is 0 Å². The third-order valence-corrected chi connectivity index (χ3v) is 5.11. The molecule has 2 aliphatic rings. The van der Waals surface area contributed by atoms with Crippen LogP contribution in [-0.4, -0.2) is 31.3 Å². The van der Waals surface area contributed by atoms with Crippen molar-refractivity contribution in [3.05, 3.63) is 23.8 Å². The minimum Gasteiger partial charge on any atom is -0.508 e. The summed E-state index contributed by atoms with van der Waals surface area (Å²) < 4.78 is 0. The van der Waals surface area contributed by atoms with Crippen LogP contribution in [0.25, 0.3) is 0 Å². The van der Waals surface area contributed by atoms with Gasteiger partial charge in [0.15, 0.2) is 0 Å². The fourth-order valence-corrected chi connectivity index (χ4v) is 4.03. The van der Waals surface area contributed by atoms with Crippen LogP contribution in [0.4, 0.5) is 5.69 Å². The average Bonchev–Trinajstić information content (AvgIpc) is 2.47. The van der Waals surface area contributed by atoms with Crippen LogP contribution >= 0.6 is 0 Å². The molecule has 1 atom stereocenters. The molecular weight excluding hydrogens is 260 g/mol. The van der Waals surface area contributed by atoms with E-state index in [1.54, 1.807) is 0 Å². The molecule has 3 rings (SSSR count). The van der Waals surface area contributed by atoms with E-state index in [1.165, 1.54) is 36.9 Å². The van der Waals surface area contributed by atoms with Gasteiger partial charge >= 0.3 is 0 Å². The summed E-state index contributed by atoms with van der Waals surface area (Å²) in [6, 6.07) is 5.98. The number of hydrogen-bond donors (Lipinski definition) is 2. The van der Waals surface area contributed by atoms with Crippen molar-refractivity contribution in [1.29, 1.82) is 0 Å². The predicted octanol–water partition coefficient (Wildman–Crippen LogP) is 3.49. The minimum atomic E-state index is 0.410. The Kier molecular flexibility index (Phi) is 4.12. The Bertz CT molecular complexity index is 492. The highest BCUT2D eigenvalue weighted by Gasteiger charge is 2.31. The zero-order valence-corrected chi connectivity index (χ0v) is 13.4. The van der Waals surface area contributed by atoms with Gasteiger partial charge in [-0.2, -0.15) is 0 Å². The molecule has 1 aliphatic heterocycles. The topological polar surface area (TPSA) is 35.5 Å². The highest BCUT2D eigenvalue weighted by atomic mass is 16.3. The fourth-order valence-electron chi connectivity index (χ4n) is 4.03. The smallest absolute Gasteiger partial charge is 0.116 e. The van der Waals surface area contributed by atoms with Crippen molar-refractivity contribution in [3.8, 4) is 5.75 Å². The molecule has 1 aromatic rings. The van der Waals surface area contributed by atoms with Crippen molar-refractivity contribution in [1.82, 2.24) is 5.32 Å². The standard InChI is InChI=1S/C18H28N2O/c1-18(2)7-3-4-14(13-18)16-12-15(21)5-6-17(16)20-10-8-19-9-11-20/h5-6,12,14,19,21H,3-4,7-11,13H2,1-2H3. The lowest BCUT2D eigenvalue weighted by Crippen LogP contribution is -2.44. The summed E-state index contributed by atoms with van der Waals surface area (Å²) in [7, 11) is 0. The summed E-state index contributed by atoms with van der Waals surface area (Å²) in [5.74, 6) is 0.998. The van der Waals surface area contributed by atoms with E-state index in [9.17, 15) is 5.11 Å². The van der Waals surface area contributed by atoms with E-state index >= 15 is 0 Å². The van der Waals surface area contributed by atoms with Gasteiger partial charge in [-0.3, -0.25) is 0 Å². The zero-order valence-electron chi connectivity index (χ0n) is 13.4. The number of piperazine rings is 1. The van der Waals surface area contributed by atoms with Crippen molar-refractivity contribution in [2.45, 2.75) is 45.4 Å². The normalized spacial score (nSPS) is 25.8. The molecule has 2 N–H and O–H groups in total. The van der Waals surface area contributed by atoms with Crippen LogP contribution < -0.4 is 10.2 Å². The molecule has 21 heavy (non-hydrogen) atoms. The maximum atomic E-state index is 9.97. The van der Waals surface area contributed by atoms with Crippen molar-refractivity contribution < 1.29 is 5.11 Å². The Morgan fingerprint density at radius 2 is 2.00 bits per heavy atom. The Labute approximate surface area is 128 Å². The van der Waals surface area contributed by atoms with Crippen molar-refractivity contribution in [2.24, 2.45) is 5.41 Å². The number of aromatic hydroxyl groups is 1. The lowest BCUT2D eigenvalue weighted by Gasteiger charge is -2.38. The Morgan fingerprint density at radius 1 is 1.24 bits per heavy atom. The van der Waals surface area contributed by atoms with E-state index in [0.717, 1.165) is 26.2 Å². The van der Waals surface area contributed by atoms with Gasteiger partial charge < -0.3 is 15.3 Å². The second-order valence-electron chi connectivity index (χ2n) is 7.44. The minimum absolute atomic E-state index is 0.410. The van der Waals surface area contributed by atoms with Gasteiger partial charge in [-0.1, -0.05) is 20.3 Å². The van der Waals surface area contributed by atoms with Crippen molar-refractivity contribution in [3.63, 3.8) is 0 Å². The third-order valence-electron chi connectivity index (χ3n) is 5.11. The molecule has 3 nitrogen and oxygen atoms in total. The summed E-state index contributed by atoms with van der Waals surface area (Å²) in [5.41, 5.74) is 3.14. The molecule has 0 radical (unpaired) electrons. The summed E-state index contributed by atoms with van der Waals surface area (Å²) in [6.07, 6.45) is 5.11. The third kappa shape index (κ3) is 3.34. The van der Waals surface area contributed by atoms with Gasteiger partial charge in [-0.05, 0) is 54.4 Å². The zero-order chi connectivity index (χ0) is 14.9. The Balaban J connectivity index is 1.90. The molecular formula is C18H28N2O. The van der Waals surface area contributed by atoms with E-state index < -0.39 is 0 Å². The van der Waals surface area contributed by atoms with E-state index in [0.29, 0.717) is 17.1 Å². The Morgan fingerprint density at radius 3 is 2.71 bits per heavy atom. The van der Waals surface area contributed by atoms with Gasteiger partial charge in [0.05, 0.1) is 0 Å². The molecule has 1 saturated heterocycles. The average molecular weight is 288 g/mol. The molecule has 3 heteroatoms. The number of benzene rings is 1. The quantitative estimate of drug-likeness (QED) is 0.874.